The first kappa shape index (κ1) is 12.4. The van der Waals surface area contributed by atoms with Crippen molar-refractivity contribution in [1.29, 1.82) is 0 Å². The number of rotatable bonds is 1. The summed E-state index contributed by atoms with van der Waals surface area (Å²) in [6.45, 7) is 3.89. The van der Waals surface area contributed by atoms with Crippen molar-refractivity contribution in [1.82, 2.24) is 4.90 Å². The van der Waals surface area contributed by atoms with Gasteiger partial charge in [-0.25, -0.2) is 8.42 Å². The lowest BCUT2D eigenvalue weighted by atomic mass is 10.4. The van der Waals surface area contributed by atoms with Gasteiger partial charge < -0.3 is 4.90 Å². The van der Waals surface area contributed by atoms with Gasteiger partial charge in [0.05, 0.1) is 0 Å². The maximum Gasteiger partial charge on any atom is 0.222 e. The van der Waals surface area contributed by atoms with Gasteiger partial charge >= 0.3 is 0 Å². The number of hydrogen-bond donors (Lipinski definition) is 0. The van der Waals surface area contributed by atoms with Crippen molar-refractivity contribution in [2.45, 2.75) is 19.8 Å². The van der Waals surface area contributed by atoms with E-state index in [1.165, 1.54) is 0 Å². The van der Waals surface area contributed by atoms with Crippen LogP contribution in [0, 0.1) is 0 Å². The van der Waals surface area contributed by atoms with Crippen molar-refractivity contribution in [2.24, 2.45) is 0 Å². The molecule has 4 nitrogen and oxygen atoms in total. The lowest BCUT2D eigenvalue weighted by Gasteiger charge is -2.10. The minimum absolute atomic E-state index is 0.326. The van der Waals surface area contributed by atoms with E-state index in [1.807, 2.05) is 11.8 Å². The Labute approximate surface area is 79.8 Å². The van der Waals surface area contributed by atoms with E-state index in [0.29, 0.717) is 5.91 Å². The molecule has 1 amide bonds. The molecule has 0 aliphatic carbocycles. The van der Waals surface area contributed by atoms with E-state index >= 15 is 0 Å². The van der Waals surface area contributed by atoms with Crippen molar-refractivity contribution >= 4 is 15.7 Å². The van der Waals surface area contributed by atoms with Crippen LogP contribution in [0.4, 0.5) is 0 Å². The van der Waals surface area contributed by atoms with Crippen molar-refractivity contribution in [3.8, 4) is 0 Å². The summed E-state index contributed by atoms with van der Waals surface area (Å²) < 4.78 is 19.3. The minimum atomic E-state index is -2.67. The lowest BCUT2D eigenvalue weighted by molar-refractivity contribution is -0.127. The van der Waals surface area contributed by atoms with E-state index in [2.05, 4.69) is 0 Å². The summed E-state index contributed by atoms with van der Waals surface area (Å²) in [4.78, 5) is 12.6. The fourth-order valence-electron chi connectivity index (χ4n) is 1.04. The topological polar surface area (TPSA) is 54.5 Å². The van der Waals surface area contributed by atoms with Crippen molar-refractivity contribution < 1.29 is 13.2 Å². The maximum absolute atomic E-state index is 10.7. The largest absolute Gasteiger partial charge is 0.343 e. The molecule has 1 fully saturated rings. The molecule has 78 valence electrons. The van der Waals surface area contributed by atoms with Gasteiger partial charge in [0.15, 0.2) is 0 Å². The molecule has 1 saturated heterocycles. The predicted octanol–water partition coefficient (Wildman–Crippen LogP) is 0.290. The fraction of sp³-hybridized carbons (Fsp3) is 0.875. The molecule has 1 aliphatic heterocycles. The quantitative estimate of drug-likeness (QED) is 0.621. The number of carbonyl (C=O) groups excluding carboxylic acids is 1. The zero-order valence-corrected chi connectivity index (χ0v) is 9.23. The molecule has 0 atom stereocenters. The molecule has 13 heavy (non-hydrogen) atoms. The molecule has 0 unspecified atom stereocenters. The van der Waals surface area contributed by atoms with Crippen LogP contribution >= 0.6 is 0 Å². The second-order valence-electron chi connectivity index (χ2n) is 3.22. The van der Waals surface area contributed by atoms with Gasteiger partial charge in [-0.15, -0.1) is 0 Å². The molecule has 5 heteroatoms. The molecule has 0 saturated carbocycles. The standard InChI is InChI=1S/C6H11NO.C2H6O2S/c1-2-7-5-3-4-6(7)8;1-5(2,3)4/h2-5H2,1H3;1-2H3. The van der Waals surface area contributed by atoms with E-state index in [1.54, 1.807) is 0 Å². The van der Waals surface area contributed by atoms with E-state index in [9.17, 15) is 13.2 Å². The summed E-state index contributed by atoms with van der Waals surface area (Å²) in [5.74, 6) is 0.326. The molecule has 0 bridgehead atoms. The second kappa shape index (κ2) is 5.21. The Bertz CT molecular complexity index is 251. The molecule has 1 heterocycles. The zero-order chi connectivity index (χ0) is 10.5. The van der Waals surface area contributed by atoms with E-state index in [-0.39, 0.29) is 0 Å². The first-order valence-corrected chi connectivity index (χ1v) is 6.57. The predicted molar refractivity (Wildman–Crippen MR) is 52.3 cm³/mol. The maximum atomic E-state index is 10.7. The van der Waals surface area contributed by atoms with Crippen LogP contribution in [0.2, 0.25) is 0 Å². The first-order chi connectivity index (χ1) is 5.84. The van der Waals surface area contributed by atoms with Gasteiger partial charge in [-0.3, -0.25) is 4.79 Å². The molecular weight excluding hydrogens is 190 g/mol. The molecule has 0 N–H and O–H groups in total. The van der Waals surface area contributed by atoms with Crippen LogP contribution in [0.1, 0.15) is 19.8 Å². The Balaban J connectivity index is 0.000000252. The van der Waals surface area contributed by atoms with Gasteiger partial charge in [0.1, 0.15) is 9.84 Å². The smallest absolute Gasteiger partial charge is 0.222 e. The first-order valence-electron chi connectivity index (χ1n) is 4.27. The Morgan fingerprint density at radius 2 is 1.85 bits per heavy atom. The Kier molecular flexibility index (Phi) is 4.98. The highest BCUT2D eigenvalue weighted by molar-refractivity contribution is 7.89. The second-order valence-corrected chi connectivity index (χ2v) is 5.51. The van der Waals surface area contributed by atoms with Crippen LogP contribution in [0.25, 0.3) is 0 Å². The third-order valence-electron chi connectivity index (χ3n) is 1.55. The summed E-state index contributed by atoms with van der Waals surface area (Å²) >= 11 is 0. The minimum Gasteiger partial charge on any atom is -0.343 e. The molecule has 0 aromatic carbocycles. The van der Waals surface area contributed by atoms with Crippen LogP contribution in [-0.2, 0) is 14.6 Å². The number of sulfone groups is 1. The molecule has 1 aliphatic rings. The summed E-state index contributed by atoms with van der Waals surface area (Å²) in [6.07, 6.45) is 4.15. The summed E-state index contributed by atoms with van der Waals surface area (Å²) in [6, 6.07) is 0. The normalized spacial score (nSPS) is 16.8. The monoisotopic (exact) mass is 207 g/mol. The third kappa shape index (κ3) is 7.77. The zero-order valence-electron chi connectivity index (χ0n) is 8.41. The van der Waals surface area contributed by atoms with Crippen LogP contribution in [0.3, 0.4) is 0 Å². The third-order valence-corrected chi connectivity index (χ3v) is 1.55. The molecular formula is C8H17NO3S. The molecule has 0 aromatic heterocycles. The number of hydrogen-bond acceptors (Lipinski definition) is 3. The summed E-state index contributed by atoms with van der Waals surface area (Å²) in [7, 11) is -2.67. The lowest BCUT2D eigenvalue weighted by Crippen LogP contribution is -2.23. The summed E-state index contributed by atoms with van der Waals surface area (Å²) in [5, 5.41) is 0. The van der Waals surface area contributed by atoms with Gasteiger partial charge in [0.25, 0.3) is 0 Å². The Hall–Kier alpha value is -0.580. The Morgan fingerprint density at radius 3 is 2.00 bits per heavy atom. The SMILES string of the molecule is CCN1CCCC1=O.CS(C)(=O)=O. The summed E-state index contributed by atoms with van der Waals surface area (Å²) in [5.41, 5.74) is 0. The highest BCUT2D eigenvalue weighted by Gasteiger charge is 2.16. The number of likely N-dealkylation sites (tertiary alicyclic amines) is 1. The number of carbonyl (C=O) groups is 1. The number of amides is 1. The average Bonchev–Trinajstić information content (AvgIpc) is 2.31. The van der Waals surface area contributed by atoms with Gasteiger partial charge in [0, 0.05) is 32.0 Å². The van der Waals surface area contributed by atoms with E-state index < -0.39 is 9.84 Å². The van der Waals surface area contributed by atoms with Crippen molar-refractivity contribution in [3.05, 3.63) is 0 Å². The van der Waals surface area contributed by atoms with Crippen molar-refractivity contribution in [3.63, 3.8) is 0 Å². The highest BCUT2D eigenvalue weighted by Crippen LogP contribution is 2.07. The van der Waals surface area contributed by atoms with Crippen LogP contribution in [-0.4, -0.2) is 44.8 Å². The average molecular weight is 207 g/mol. The molecule has 0 aromatic rings. The fourth-order valence-corrected chi connectivity index (χ4v) is 1.04. The van der Waals surface area contributed by atoms with Gasteiger partial charge in [-0.2, -0.15) is 0 Å². The van der Waals surface area contributed by atoms with Crippen molar-refractivity contribution in [2.75, 3.05) is 25.6 Å². The highest BCUT2D eigenvalue weighted by atomic mass is 32.2. The molecule has 0 radical (unpaired) electrons. The van der Waals surface area contributed by atoms with Crippen LogP contribution < -0.4 is 0 Å². The van der Waals surface area contributed by atoms with E-state index in [4.69, 9.17) is 0 Å². The molecule has 1 rings (SSSR count). The number of nitrogens with zero attached hydrogens (tertiary/aromatic N) is 1. The van der Waals surface area contributed by atoms with Crippen LogP contribution in [0.5, 0.6) is 0 Å². The molecule has 0 spiro atoms. The van der Waals surface area contributed by atoms with E-state index in [0.717, 1.165) is 38.4 Å². The van der Waals surface area contributed by atoms with Gasteiger partial charge in [0.2, 0.25) is 5.91 Å². The Morgan fingerprint density at radius 1 is 1.38 bits per heavy atom. The van der Waals surface area contributed by atoms with Gasteiger partial charge in [-0.1, -0.05) is 0 Å². The van der Waals surface area contributed by atoms with Crippen LogP contribution in [0.15, 0.2) is 0 Å². The van der Waals surface area contributed by atoms with Gasteiger partial charge in [-0.05, 0) is 13.3 Å².